The van der Waals surface area contributed by atoms with Gasteiger partial charge in [-0.3, -0.25) is 14.8 Å². The summed E-state index contributed by atoms with van der Waals surface area (Å²) < 4.78 is 23.1. The summed E-state index contributed by atoms with van der Waals surface area (Å²) in [5.41, 5.74) is 1.46. The number of nitrogens with zero attached hydrogens (tertiary/aromatic N) is 6. The molecule has 0 saturated carbocycles. The maximum atomic E-state index is 16.7. The molecule has 3 fully saturated rings. The summed E-state index contributed by atoms with van der Waals surface area (Å²) in [7, 11) is 0. The zero-order chi connectivity index (χ0) is 30.0. The zero-order valence-corrected chi connectivity index (χ0v) is 24.1. The van der Waals surface area contributed by atoms with E-state index in [1.165, 1.54) is 4.90 Å². The normalized spacial score (nSPS) is 22.1. The van der Waals surface area contributed by atoms with Gasteiger partial charge in [0.15, 0.2) is 5.82 Å². The number of pyridine rings is 1. The number of halogens is 1. The maximum absolute atomic E-state index is 16.7. The second-order valence-corrected chi connectivity index (χ2v) is 12.2. The Morgan fingerprint density at radius 2 is 1.82 bits per heavy atom. The van der Waals surface area contributed by atoms with Crippen LogP contribution >= 0.6 is 0 Å². The van der Waals surface area contributed by atoms with E-state index in [1.807, 2.05) is 53.5 Å². The van der Waals surface area contributed by atoms with Crippen LogP contribution in [0.4, 0.5) is 15.0 Å². The molecule has 0 spiro atoms. The summed E-state index contributed by atoms with van der Waals surface area (Å²) in [4.78, 5) is 32.0. The van der Waals surface area contributed by atoms with Crippen LogP contribution in [0.5, 0.6) is 6.01 Å². The van der Waals surface area contributed by atoms with Gasteiger partial charge in [-0.2, -0.15) is 9.97 Å². The Hall–Kier alpha value is -4.75. The van der Waals surface area contributed by atoms with Gasteiger partial charge in [0.05, 0.1) is 23.0 Å². The number of amides is 1. The summed E-state index contributed by atoms with van der Waals surface area (Å²) in [5, 5.41) is 11.9. The zero-order valence-electron chi connectivity index (χ0n) is 24.1. The molecule has 4 aliphatic rings. The Balaban J connectivity index is 1.25. The van der Waals surface area contributed by atoms with Crippen LogP contribution in [-0.2, 0) is 0 Å². The molecule has 9 nitrogen and oxygen atoms in total. The third kappa shape index (κ3) is 4.10. The molecular weight excluding hydrogens is 559 g/mol. The van der Waals surface area contributed by atoms with Gasteiger partial charge < -0.3 is 14.7 Å². The summed E-state index contributed by atoms with van der Waals surface area (Å²) >= 11 is 0. The lowest BCUT2D eigenvalue weighted by atomic mass is 9.95. The first-order valence-electron chi connectivity index (χ1n) is 15.1. The van der Waals surface area contributed by atoms with Gasteiger partial charge in [-0.25, -0.2) is 9.18 Å². The van der Waals surface area contributed by atoms with Crippen LogP contribution in [0.25, 0.3) is 32.9 Å². The monoisotopic (exact) mass is 590 g/mol. The highest BCUT2D eigenvalue weighted by Gasteiger charge is 2.45. The third-order valence-electron chi connectivity index (χ3n) is 9.85. The Morgan fingerprint density at radius 3 is 2.52 bits per heavy atom. The Morgan fingerprint density at radius 1 is 1.09 bits per heavy atom. The molecule has 2 bridgehead atoms. The van der Waals surface area contributed by atoms with Crippen molar-refractivity contribution < 1.29 is 19.0 Å². The topological polar surface area (TPSA) is 94.9 Å². The first kappa shape index (κ1) is 26.8. The lowest BCUT2D eigenvalue weighted by Gasteiger charge is -2.40. The lowest BCUT2D eigenvalue weighted by Crippen LogP contribution is -2.56. The van der Waals surface area contributed by atoms with Crippen molar-refractivity contribution in [2.45, 2.75) is 43.3 Å². The van der Waals surface area contributed by atoms with Crippen molar-refractivity contribution in [2.75, 3.05) is 37.7 Å². The SMILES string of the molecule is C#Cc1cccc2cccc(-c3ncc4c(N5C[C@H]6C=C[C@@H](C5)N6C(=O)O)nc(OCC56CCCN5CCC6)nc4c3F)c12. The van der Waals surface area contributed by atoms with Crippen LogP contribution in [0.1, 0.15) is 31.2 Å². The van der Waals surface area contributed by atoms with Crippen molar-refractivity contribution in [1.29, 1.82) is 0 Å². The largest absolute Gasteiger partial charge is 0.465 e. The molecule has 2 aromatic carbocycles. The number of aromatic nitrogens is 3. The number of terminal acetylenes is 1. The molecule has 3 saturated heterocycles. The minimum absolute atomic E-state index is 0.0366. The number of hydrogen-bond acceptors (Lipinski definition) is 7. The van der Waals surface area contributed by atoms with Crippen molar-refractivity contribution in [1.82, 2.24) is 24.8 Å². The van der Waals surface area contributed by atoms with Crippen LogP contribution in [0.2, 0.25) is 0 Å². The molecule has 4 aliphatic heterocycles. The van der Waals surface area contributed by atoms with Gasteiger partial charge >= 0.3 is 12.1 Å². The van der Waals surface area contributed by atoms with E-state index < -0.39 is 11.9 Å². The Kier molecular flexibility index (Phi) is 6.20. The molecule has 1 amide bonds. The molecule has 222 valence electrons. The smallest absolute Gasteiger partial charge is 0.408 e. The van der Waals surface area contributed by atoms with E-state index in [9.17, 15) is 9.90 Å². The minimum Gasteiger partial charge on any atom is -0.465 e. The standard InChI is InChI=1S/C34H31FN6O3/c1-2-21-7-3-8-22-9-4-10-25(27(21)22)29-28(35)30-26(17-36-29)31(39-18-23-11-12-24(19-39)41(23)33(42)43)38-32(37-30)44-20-34-13-5-15-40(34)16-6-14-34/h1,3-4,7-12,17,23-24H,5-6,13-16,18-20H2,(H,42,43)/t23-,24+. The Labute approximate surface area is 254 Å². The average molecular weight is 591 g/mol. The summed E-state index contributed by atoms with van der Waals surface area (Å²) in [6.45, 7) is 3.31. The summed E-state index contributed by atoms with van der Waals surface area (Å²) in [6.07, 6.45) is 14.7. The van der Waals surface area contributed by atoms with Gasteiger partial charge in [-0.05, 0) is 50.2 Å². The predicted octanol–water partition coefficient (Wildman–Crippen LogP) is 5.08. The highest BCUT2D eigenvalue weighted by Crippen LogP contribution is 2.40. The molecule has 0 unspecified atom stereocenters. The van der Waals surface area contributed by atoms with Crippen LogP contribution in [0, 0.1) is 18.2 Å². The first-order valence-corrected chi connectivity index (χ1v) is 15.1. The number of rotatable bonds is 5. The number of hydrogen-bond donors (Lipinski definition) is 1. The minimum atomic E-state index is -0.961. The number of anilines is 1. The molecule has 0 radical (unpaired) electrons. The number of carboxylic acid groups (broad SMARTS) is 1. The van der Waals surface area contributed by atoms with Gasteiger partial charge in [-0.1, -0.05) is 48.4 Å². The fourth-order valence-electron chi connectivity index (χ4n) is 7.80. The van der Waals surface area contributed by atoms with E-state index in [0.717, 1.165) is 49.5 Å². The highest BCUT2D eigenvalue weighted by molar-refractivity contribution is 6.02. The van der Waals surface area contributed by atoms with Gasteiger partial charge in [0.25, 0.3) is 0 Å². The molecular formula is C34H31FN6O3. The lowest BCUT2D eigenvalue weighted by molar-refractivity contribution is 0.107. The van der Waals surface area contributed by atoms with Crippen molar-refractivity contribution in [3.05, 3.63) is 66.1 Å². The summed E-state index contributed by atoms with van der Waals surface area (Å²) in [6, 6.07) is 10.7. The van der Waals surface area contributed by atoms with Gasteiger partial charge in [0.2, 0.25) is 0 Å². The number of benzene rings is 2. The molecule has 2 aromatic heterocycles. The number of carbonyl (C=O) groups is 1. The first-order chi connectivity index (χ1) is 21.5. The van der Waals surface area contributed by atoms with Gasteiger partial charge in [-0.15, -0.1) is 6.42 Å². The summed E-state index contributed by atoms with van der Waals surface area (Å²) in [5.74, 6) is 2.63. The second kappa shape index (κ2) is 10.2. The van der Waals surface area contributed by atoms with Crippen molar-refractivity contribution >= 4 is 33.6 Å². The molecule has 8 rings (SSSR count). The van der Waals surface area contributed by atoms with E-state index in [2.05, 4.69) is 20.8 Å². The number of ether oxygens (including phenoxy) is 1. The van der Waals surface area contributed by atoms with Crippen molar-refractivity contribution in [3.8, 4) is 29.6 Å². The van der Waals surface area contributed by atoms with Gasteiger partial charge in [0.1, 0.15) is 23.6 Å². The average Bonchev–Trinajstić information content (AvgIpc) is 3.70. The van der Waals surface area contributed by atoms with Crippen LogP contribution in [-0.4, -0.2) is 86.4 Å². The van der Waals surface area contributed by atoms with E-state index >= 15 is 4.39 Å². The van der Waals surface area contributed by atoms with E-state index in [-0.39, 0.29) is 34.8 Å². The van der Waals surface area contributed by atoms with E-state index in [1.54, 1.807) is 6.20 Å². The second-order valence-electron chi connectivity index (χ2n) is 12.2. The van der Waals surface area contributed by atoms with Gasteiger partial charge in [0, 0.05) is 35.8 Å². The highest BCUT2D eigenvalue weighted by atomic mass is 19.1. The molecule has 44 heavy (non-hydrogen) atoms. The maximum Gasteiger partial charge on any atom is 0.408 e. The van der Waals surface area contributed by atoms with Crippen LogP contribution in [0.3, 0.4) is 0 Å². The predicted molar refractivity (Wildman–Crippen MR) is 165 cm³/mol. The van der Waals surface area contributed by atoms with E-state index in [0.29, 0.717) is 42.0 Å². The molecule has 10 heteroatoms. The van der Waals surface area contributed by atoms with E-state index in [4.69, 9.17) is 16.1 Å². The van der Waals surface area contributed by atoms with Crippen LogP contribution in [0.15, 0.2) is 54.7 Å². The molecule has 6 heterocycles. The molecule has 1 N–H and O–H groups in total. The molecule has 0 aliphatic carbocycles. The molecule has 4 aromatic rings. The Bertz CT molecular complexity index is 1870. The van der Waals surface area contributed by atoms with Crippen molar-refractivity contribution in [2.24, 2.45) is 0 Å². The number of piperazine rings is 1. The number of fused-ring (bicyclic) bond motifs is 5. The third-order valence-corrected chi connectivity index (χ3v) is 9.85. The molecule has 2 atom stereocenters. The van der Waals surface area contributed by atoms with Crippen LogP contribution < -0.4 is 9.64 Å². The fraction of sp³-hybridized carbons (Fsp3) is 0.353. The fourth-order valence-corrected chi connectivity index (χ4v) is 7.80. The van der Waals surface area contributed by atoms with Crippen molar-refractivity contribution in [3.63, 3.8) is 0 Å². The quantitative estimate of drug-likeness (QED) is 0.254.